The van der Waals surface area contributed by atoms with Gasteiger partial charge in [-0.05, 0) is 5.56 Å². The van der Waals surface area contributed by atoms with Crippen molar-refractivity contribution in [3.05, 3.63) is 35.9 Å². The summed E-state index contributed by atoms with van der Waals surface area (Å²) in [6, 6.07) is 9.97. The number of hydrogen-bond donors (Lipinski definition) is 0. The zero-order valence-corrected chi connectivity index (χ0v) is 10.5. The Morgan fingerprint density at radius 3 is 2.78 bits per heavy atom. The maximum Gasteiger partial charge on any atom is 0.160 e. The van der Waals surface area contributed by atoms with Crippen LogP contribution < -0.4 is 0 Å². The monoisotopic (exact) mass is 250 g/mol. The molecular formula is C14H18O4. The number of rotatable bonds is 5. The Bertz CT molecular complexity index is 365. The van der Waals surface area contributed by atoms with Crippen molar-refractivity contribution in [3.8, 4) is 0 Å². The van der Waals surface area contributed by atoms with Crippen molar-refractivity contribution in [2.45, 2.75) is 37.9 Å². The van der Waals surface area contributed by atoms with Gasteiger partial charge in [0.25, 0.3) is 0 Å². The zero-order chi connectivity index (χ0) is 12.8. The van der Waals surface area contributed by atoms with Crippen molar-refractivity contribution in [1.29, 1.82) is 0 Å². The summed E-state index contributed by atoms with van der Waals surface area (Å²) in [5, 5.41) is 0. The number of carbonyl (C=O) groups is 1. The minimum atomic E-state index is -0.426. The highest BCUT2D eigenvalue weighted by molar-refractivity contribution is 5.56. The SMILES string of the molecule is COC1CC(OCc2ccccc2)CC(C=O)O1. The highest BCUT2D eigenvalue weighted by Gasteiger charge is 2.29. The lowest BCUT2D eigenvalue weighted by molar-refractivity contribution is -0.207. The number of aldehydes is 1. The summed E-state index contributed by atoms with van der Waals surface area (Å²) in [6.45, 7) is 0.549. The van der Waals surface area contributed by atoms with Crippen LogP contribution in [0.2, 0.25) is 0 Å². The molecule has 98 valence electrons. The molecule has 0 aromatic heterocycles. The third kappa shape index (κ3) is 3.63. The van der Waals surface area contributed by atoms with E-state index >= 15 is 0 Å². The van der Waals surface area contributed by atoms with Crippen molar-refractivity contribution >= 4 is 6.29 Å². The molecule has 4 heteroatoms. The Labute approximate surface area is 107 Å². The molecule has 0 aliphatic carbocycles. The van der Waals surface area contributed by atoms with Crippen LogP contribution in [0.1, 0.15) is 18.4 Å². The van der Waals surface area contributed by atoms with Gasteiger partial charge in [0.2, 0.25) is 0 Å². The fraction of sp³-hybridized carbons (Fsp3) is 0.500. The molecule has 0 spiro atoms. The predicted molar refractivity (Wildman–Crippen MR) is 66.0 cm³/mol. The molecule has 0 saturated carbocycles. The molecular weight excluding hydrogens is 232 g/mol. The molecule has 1 aliphatic rings. The fourth-order valence-electron chi connectivity index (χ4n) is 2.04. The molecule has 4 nitrogen and oxygen atoms in total. The summed E-state index contributed by atoms with van der Waals surface area (Å²) in [5.74, 6) is 0. The fourth-order valence-corrected chi connectivity index (χ4v) is 2.04. The van der Waals surface area contributed by atoms with Gasteiger partial charge in [0.1, 0.15) is 12.4 Å². The van der Waals surface area contributed by atoms with Crippen LogP contribution in [0, 0.1) is 0 Å². The maximum absolute atomic E-state index is 10.8. The van der Waals surface area contributed by atoms with Crippen LogP contribution in [0.4, 0.5) is 0 Å². The average molecular weight is 250 g/mol. The normalized spacial score (nSPS) is 27.9. The van der Waals surface area contributed by atoms with E-state index in [1.807, 2.05) is 30.3 Å². The molecule has 1 aromatic rings. The van der Waals surface area contributed by atoms with Crippen LogP contribution in [0.15, 0.2) is 30.3 Å². The van der Waals surface area contributed by atoms with Gasteiger partial charge in [-0.2, -0.15) is 0 Å². The number of ether oxygens (including phenoxy) is 3. The van der Waals surface area contributed by atoms with Gasteiger partial charge >= 0.3 is 0 Å². The van der Waals surface area contributed by atoms with Crippen molar-refractivity contribution in [3.63, 3.8) is 0 Å². The van der Waals surface area contributed by atoms with Crippen LogP contribution in [-0.2, 0) is 25.6 Å². The van der Waals surface area contributed by atoms with Gasteiger partial charge in [-0.25, -0.2) is 0 Å². The van der Waals surface area contributed by atoms with Gasteiger partial charge in [0, 0.05) is 20.0 Å². The molecule has 1 aromatic carbocycles. The first-order valence-corrected chi connectivity index (χ1v) is 6.11. The van der Waals surface area contributed by atoms with E-state index in [4.69, 9.17) is 14.2 Å². The molecule has 1 fully saturated rings. The standard InChI is InChI=1S/C14H18O4/c1-16-14-8-12(7-13(9-15)18-14)17-10-11-5-3-2-4-6-11/h2-6,9,12-14H,7-8,10H2,1H3. The molecule has 3 atom stereocenters. The van der Waals surface area contributed by atoms with Gasteiger partial charge in [0.15, 0.2) is 6.29 Å². The predicted octanol–water partition coefficient (Wildman–Crippen LogP) is 1.92. The summed E-state index contributed by atoms with van der Waals surface area (Å²) in [6.07, 6.45) is 1.28. The first-order valence-electron chi connectivity index (χ1n) is 6.11. The van der Waals surface area contributed by atoms with Crippen molar-refractivity contribution in [2.24, 2.45) is 0 Å². The van der Waals surface area contributed by atoms with Gasteiger partial charge in [-0.1, -0.05) is 30.3 Å². The summed E-state index contributed by atoms with van der Waals surface area (Å²) >= 11 is 0. The van der Waals surface area contributed by atoms with Gasteiger partial charge in [0.05, 0.1) is 12.7 Å². The first-order chi connectivity index (χ1) is 8.81. The average Bonchev–Trinajstić information content (AvgIpc) is 2.45. The first kappa shape index (κ1) is 13.2. The van der Waals surface area contributed by atoms with Crippen LogP contribution in [0.3, 0.4) is 0 Å². The number of methoxy groups -OCH3 is 1. The maximum atomic E-state index is 10.8. The molecule has 1 aliphatic heterocycles. The molecule has 1 heterocycles. The van der Waals surface area contributed by atoms with Crippen molar-refractivity contribution < 1.29 is 19.0 Å². The molecule has 3 unspecified atom stereocenters. The second kappa shape index (κ2) is 6.64. The van der Waals surface area contributed by atoms with Crippen LogP contribution in [0.5, 0.6) is 0 Å². The van der Waals surface area contributed by atoms with Crippen LogP contribution in [-0.4, -0.2) is 31.9 Å². The Hall–Kier alpha value is -1.23. The summed E-state index contributed by atoms with van der Waals surface area (Å²) in [7, 11) is 1.58. The van der Waals surface area contributed by atoms with E-state index in [-0.39, 0.29) is 12.4 Å². The molecule has 0 bridgehead atoms. The van der Waals surface area contributed by atoms with E-state index in [2.05, 4.69) is 0 Å². The van der Waals surface area contributed by atoms with E-state index in [1.165, 1.54) is 0 Å². The van der Waals surface area contributed by atoms with E-state index < -0.39 is 6.10 Å². The molecule has 1 saturated heterocycles. The third-order valence-electron chi connectivity index (χ3n) is 3.02. The van der Waals surface area contributed by atoms with Gasteiger partial charge in [-0.15, -0.1) is 0 Å². The van der Waals surface area contributed by atoms with Gasteiger partial charge < -0.3 is 19.0 Å². The lowest BCUT2D eigenvalue weighted by Gasteiger charge is -2.32. The molecule has 0 amide bonds. The Morgan fingerprint density at radius 2 is 2.11 bits per heavy atom. The Morgan fingerprint density at radius 1 is 1.33 bits per heavy atom. The van der Waals surface area contributed by atoms with Crippen LogP contribution >= 0.6 is 0 Å². The number of hydrogen-bond acceptors (Lipinski definition) is 4. The highest BCUT2D eigenvalue weighted by Crippen LogP contribution is 2.22. The minimum Gasteiger partial charge on any atom is -0.373 e. The van der Waals surface area contributed by atoms with Gasteiger partial charge in [-0.3, -0.25) is 0 Å². The van der Waals surface area contributed by atoms with E-state index in [0.717, 1.165) is 11.8 Å². The largest absolute Gasteiger partial charge is 0.373 e. The molecule has 0 radical (unpaired) electrons. The highest BCUT2D eigenvalue weighted by atomic mass is 16.7. The lowest BCUT2D eigenvalue weighted by atomic mass is 10.1. The quantitative estimate of drug-likeness (QED) is 0.749. The summed E-state index contributed by atoms with van der Waals surface area (Å²) < 4.78 is 16.4. The lowest BCUT2D eigenvalue weighted by Crippen LogP contribution is -2.38. The third-order valence-corrected chi connectivity index (χ3v) is 3.02. The topological polar surface area (TPSA) is 44.8 Å². The van der Waals surface area contributed by atoms with E-state index in [1.54, 1.807) is 7.11 Å². The second-order valence-electron chi connectivity index (χ2n) is 4.37. The minimum absolute atomic E-state index is 0.000828. The van der Waals surface area contributed by atoms with Crippen molar-refractivity contribution in [1.82, 2.24) is 0 Å². The zero-order valence-electron chi connectivity index (χ0n) is 10.5. The van der Waals surface area contributed by atoms with Crippen LogP contribution in [0.25, 0.3) is 0 Å². The number of carbonyl (C=O) groups excluding carboxylic acids is 1. The smallest absolute Gasteiger partial charge is 0.160 e. The molecule has 18 heavy (non-hydrogen) atoms. The Kier molecular flexibility index (Phi) is 4.87. The Balaban J connectivity index is 1.86. The van der Waals surface area contributed by atoms with E-state index in [0.29, 0.717) is 19.4 Å². The summed E-state index contributed by atoms with van der Waals surface area (Å²) in [5.41, 5.74) is 1.13. The van der Waals surface area contributed by atoms with E-state index in [9.17, 15) is 4.79 Å². The van der Waals surface area contributed by atoms with Crippen molar-refractivity contribution in [2.75, 3.05) is 7.11 Å². The molecule has 0 N–H and O–H groups in total. The number of benzene rings is 1. The molecule has 2 rings (SSSR count). The second-order valence-corrected chi connectivity index (χ2v) is 4.37. The summed E-state index contributed by atoms with van der Waals surface area (Å²) in [4.78, 5) is 10.8.